The van der Waals surface area contributed by atoms with Crippen molar-refractivity contribution in [3.05, 3.63) is 35.9 Å². The van der Waals surface area contributed by atoms with Gasteiger partial charge in [0.15, 0.2) is 0 Å². The highest BCUT2D eigenvalue weighted by molar-refractivity contribution is 5.47. The Morgan fingerprint density at radius 2 is 2.40 bits per heavy atom. The minimum atomic E-state index is 0.578. The first kappa shape index (κ1) is 8.92. The van der Waals surface area contributed by atoms with E-state index in [-0.39, 0.29) is 0 Å². The van der Waals surface area contributed by atoms with Crippen LogP contribution in [-0.2, 0) is 0 Å². The summed E-state index contributed by atoms with van der Waals surface area (Å²) < 4.78 is 2.23. The van der Waals surface area contributed by atoms with Crippen molar-refractivity contribution in [2.24, 2.45) is 0 Å². The molecule has 1 saturated heterocycles. The number of aromatic nitrogens is 2. The van der Waals surface area contributed by atoms with Crippen molar-refractivity contribution in [3.63, 3.8) is 0 Å². The van der Waals surface area contributed by atoms with Crippen molar-refractivity contribution in [3.8, 4) is 0 Å². The lowest BCUT2D eigenvalue weighted by Gasteiger charge is -2.07. The summed E-state index contributed by atoms with van der Waals surface area (Å²) in [4.78, 5) is 4.54. The molecule has 1 fully saturated rings. The molecule has 1 aliphatic heterocycles. The zero-order chi connectivity index (χ0) is 10.3. The topological polar surface area (TPSA) is 29.3 Å². The van der Waals surface area contributed by atoms with Crippen LogP contribution in [0, 0.1) is 6.92 Å². The first-order chi connectivity index (χ1) is 7.34. The van der Waals surface area contributed by atoms with Gasteiger partial charge in [0, 0.05) is 18.7 Å². The predicted molar refractivity (Wildman–Crippen MR) is 60.2 cm³/mol. The molecule has 0 radical (unpaired) electrons. The summed E-state index contributed by atoms with van der Waals surface area (Å²) in [6, 6.07) is 4.27. The average molecular weight is 201 g/mol. The molecule has 1 unspecified atom stereocenters. The summed E-state index contributed by atoms with van der Waals surface area (Å²) in [7, 11) is 0. The summed E-state index contributed by atoms with van der Waals surface area (Å²) in [5, 5.41) is 3.39. The Morgan fingerprint density at radius 3 is 3.20 bits per heavy atom. The molecule has 3 nitrogen and oxygen atoms in total. The highest BCUT2D eigenvalue weighted by Crippen LogP contribution is 2.22. The molecule has 78 valence electrons. The first-order valence-corrected chi connectivity index (χ1v) is 5.49. The number of hydrogen-bond donors (Lipinski definition) is 1. The maximum atomic E-state index is 4.54. The minimum absolute atomic E-state index is 0.578. The van der Waals surface area contributed by atoms with Gasteiger partial charge in [0.1, 0.15) is 5.82 Å². The van der Waals surface area contributed by atoms with Gasteiger partial charge in [0.25, 0.3) is 0 Å². The average Bonchev–Trinajstić information content (AvgIpc) is 2.83. The number of hydrogen-bond acceptors (Lipinski definition) is 2. The summed E-state index contributed by atoms with van der Waals surface area (Å²) in [5.74, 6) is 1.79. The van der Waals surface area contributed by atoms with Crippen molar-refractivity contribution in [1.82, 2.24) is 14.7 Å². The quantitative estimate of drug-likeness (QED) is 0.761. The van der Waals surface area contributed by atoms with Crippen LogP contribution < -0.4 is 5.32 Å². The van der Waals surface area contributed by atoms with E-state index in [4.69, 9.17) is 0 Å². The Kier molecular flexibility index (Phi) is 1.99. The molecule has 2 aromatic rings. The summed E-state index contributed by atoms with van der Waals surface area (Å²) in [6.07, 6.45) is 5.34. The van der Waals surface area contributed by atoms with E-state index in [1.807, 2.05) is 6.20 Å². The van der Waals surface area contributed by atoms with Crippen LogP contribution in [-0.4, -0.2) is 22.5 Å². The normalized spacial score (nSPS) is 21.3. The van der Waals surface area contributed by atoms with Crippen molar-refractivity contribution in [2.75, 3.05) is 13.1 Å². The zero-order valence-electron chi connectivity index (χ0n) is 8.90. The second kappa shape index (κ2) is 3.35. The van der Waals surface area contributed by atoms with Gasteiger partial charge in [-0.05, 0) is 31.5 Å². The van der Waals surface area contributed by atoms with Crippen LogP contribution in [0.4, 0.5) is 0 Å². The van der Waals surface area contributed by atoms with Gasteiger partial charge in [-0.15, -0.1) is 0 Å². The fraction of sp³-hybridized carbons (Fsp3) is 0.417. The van der Waals surface area contributed by atoms with E-state index >= 15 is 0 Å². The Labute approximate surface area is 89.1 Å². The minimum Gasteiger partial charge on any atom is -0.316 e. The van der Waals surface area contributed by atoms with E-state index in [0.717, 1.165) is 13.1 Å². The first-order valence-electron chi connectivity index (χ1n) is 5.49. The lowest BCUT2D eigenvalue weighted by atomic mass is 10.1. The highest BCUT2D eigenvalue weighted by atomic mass is 15.0. The van der Waals surface area contributed by atoms with Crippen molar-refractivity contribution >= 4 is 5.52 Å². The van der Waals surface area contributed by atoms with Gasteiger partial charge in [0.05, 0.1) is 11.7 Å². The standard InChI is InChI=1S/C12H15N3/c1-9-2-3-11-7-14-12(15(11)8-9)10-4-5-13-6-10/h2-3,7-8,10,13H,4-6H2,1H3. The van der Waals surface area contributed by atoms with Crippen molar-refractivity contribution in [1.29, 1.82) is 0 Å². The number of rotatable bonds is 1. The molecular weight excluding hydrogens is 186 g/mol. The smallest absolute Gasteiger partial charge is 0.117 e. The molecule has 0 saturated carbocycles. The molecule has 3 heteroatoms. The fourth-order valence-electron chi connectivity index (χ4n) is 2.29. The van der Waals surface area contributed by atoms with E-state index < -0.39 is 0 Å². The van der Waals surface area contributed by atoms with Crippen LogP contribution in [0.3, 0.4) is 0 Å². The van der Waals surface area contributed by atoms with Crippen LogP contribution >= 0.6 is 0 Å². The summed E-state index contributed by atoms with van der Waals surface area (Å²) in [6.45, 7) is 4.30. The predicted octanol–water partition coefficient (Wildman–Crippen LogP) is 1.72. The molecule has 1 atom stereocenters. The van der Waals surface area contributed by atoms with Gasteiger partial charge in [-0.25, -0.2) is 4.98 Å². The van der Waals surface area contributed by atoms with E-state index in [1.165, 1.54) is 23.3 Å². The van der Waals surface area contributed by atoms with E-state index in [2.05, 4.69) is 40.0 Å². The lowest BCUT2D eigenvalue weighted by molar-refractivity contribution is 0.698. The molecular formula is C12H15N3. The van der Waals surface area contributed by atoms with Crippen molar-refractivity contribution in [2.45, 2.75) is 19.3 Å². The maximum Gasteiger partial charge on any atom is 0.117 e. The fourth-order valence-corrected chi connectivity index (χ4v) is 2.29. The molecule has 1 aliphatic rings. The number of pyridine rings is 1. The molecule has 1 N–H and O–H groups in total. The van der Waals surface area contributed by atoms with Crippen LogP contribution in [0.5, 0.6) is 0 Å². The highest BCUT2D eigenvalue weighted by Gasteiger charge is 2.20. The number of aryl methyl sites for hydroxylation is 1. The van der Waals surface area contributed by atoms with Gasteiger partial charge >= 0.3 is 0 Å². The molecule has 3 rings (SSSR count). The maximum absolute atomic E-state index is 4.54. The third kappa shape index (κ3) is 1.43. The Morgan fingerprint density at radius 1 is 1.47 bits per heavy atom. The molecule has 2 aromatic heterocycles. The van der Waals surface area contributed by atoms with Gasteiger partial charge in [0.2, 0.25) is 0 Å². The van der Waals surface area contributed by atoms with Gasteiger partial charge in [-0.3, -0.25) is 0 Å². The Hall–Kier alpha value is -1.35. The SMILES string of the molecule is Cc1ccc2cnc(C3CCNC3)n2c1. The lowest BCUT2D eigenvalue weighted by Crippen LogP contribution is -2.10. The van der Waals surface area contributed by atoms with Crippen LogP contribution in [0.1, 0.15) is 23.7 Å². The molecule has 0 aliphatic carbocycles. The summed E-state index contributed by atoms with van der Waals surface area (Å²) >= 11 is 0. The second-order valence-corrected chi connectivity index (χ2v) is 4.31. The van der Waals surface area contributed by atoms with Crippen LogP contribution in [0.2, 0.25) is 0 Å². The van der Waals surface area contributed by atoms with Gasteiger partial charge < -0.3 is 9.72 Å². The number of imidazole rings is 1. The zero-order valence-corrected chi connectivity index (χ0v) is 8.90. The van der Waals surface area contributed by atoms with E-state index in [1.54, 1.807) is 0 Å². The van der Waals surface area contributed by atoms with Gasteiger partial charge in [-0.1, -0.05) is 6.07 Å². The third-order valence-corrected chi connectivity index (χ3v) is 3.13. The number of nitrogens with one attached hydrogen (secondary N) is 1. The number of nitrogens with zero attached hydrogens (tertiary/aromatic N) is 2. The Balaban J connectivity index is 2.13. The van der Waals surface area contributed by atoms with Crippen molar-refractivity contribution < 1.29 is 0 Å². The molecule has 0 aromatic carbocycles. The second-order valence-electron chi connectivity index (χ2n) is 4.31. The monoisotopic (exact) mass is 201 g/mol. The molecule has 3 heterocycles. The van der Waals surface area contributed by atoms with E-state index in [0.29, 0.717) is 5.92 Å². The Bertz CT molecular complexity index is 481. The summed E-state index contributed by atoms with van der Waals surface area (Å²) in [5.41, 5.74) is 2.48. The molecule has 0 amide bonds. The van der Waals surface area contributed by atoms with Crippen LogP contribution in [0.25, 0.3) is 5.52 Å². The van der Waals surface area contributed by atoms with Gasteiger partial charge in [-0.2, -0.15) is 0 Å². The molecule has 0 bridgehead atoms. The molecule has 0 spiro atoms. The third-order valence-electron chi connectivity index (χ3n) is 3.13. The van der Waals surface area contributed by atoms with E-state index in [9.17, 15) is 0 Å². The van der Waals surface area contributed by atoms with Crippen LogP contribution in [0.15, 0.2) is 24.5 Å². The molecule has 15 heavy (non-hydrogen) atoms. The largest absolute Gasteiger partial charge is 0.316 e. The number of fused-ring (bicyclic) bond motifs is 1.